The maximum absolute atomic E-state index is 11.0. The lowest BCUT2D eigenvalue weighted by Crippen LogP contribution is -1.99. The minimum atomic E-state index is -0.991. The summed E-state index contributed by atoms with van der Waals surface area (Å²) in [6.07, 6.45) is 1.55. The van der Waals surface area contributed by atoms with Gasteiger partial charge in [0.1, 0.15) is 0 Å². The Bertz CT molecular complexity index is 1090. The molecule has 150 valence electrons. The number of carbonyl (C=O) groups is 1. The number of rotatable bonds is 7. The van der Waals surface area contributed by atoms with E-state index in [-0.39, 0.29) is 10.3 Å². The first-order chi connectivity index (χ1) is 14.0. The van der Waals surface area contributed by atoms with Crippen LogP contribution < -0.4 is 14.2 Å². The average Bonchev–Trinajstić information content (AvgIpc) is 3.11. The van der Waals surface area contributed by atoms with Crippen molar-refractivity contribution in [3.05, 3.63) is 52.3 Å². The quantitative estimate of drug-likeness (QED) is 0.451. The summed E-state index contributed by atoms with van der Waals surface area (Å²) >= 11 is 5.28. The second-order valence-corrected chi connectivity index (χ2v) is 6.14. The molecule has 1 heterocycles. The summed E-state index contributed by atoms with van der Waals surface area (Å²) in [6, 6.07) is 9.77. The van der Waals surface area contributed by atoms with E-state index in [0.29, 0.717) is 34.2 Å². The Morgan fingerprint density at radius 3 is 2.28 bits per heavy atom. The molecule has 2 N–H and O–H groups in total. The molecule has 2 aromatic carbocycles. The maximum atomic E-state index is 11.0. The number of hydrogen-bond acceptors (Lipinski definition) is 7. The molecule has 3 rings (SSSR count). The fraction of sp³-hybridized carbons (Fsp3) is 0.158. The van der Waals surface area contributed by atoms with Gasteiger partial charge in [-0.05, 0) is 42.0 Å². The van der Waals surface area contributed by atoms with Crippen LogP contribution in [0.1, 0.15) is 15.9 Å². The van der Waals surface area contributed by atoms with Gasteiger partial charge in [-0.25, -0.2) is 9.89 Å². The third-order valence-corrected chi connectivity index (χ3v) is 4.32. The molecule has 3 aromatic rings. The number of carboxylic acids is 1. The molecule has 0 amide bonds. The molecule has 0 bridgehead atoms. The van der Waals surface area contributed by atoms with Crippen molar-refractivity contribution in [2.24, 2.45) is 5.10 Å². The molecule has 0 aliphatic carbocycles. The second-order valence-electron chi connectivity index (χ2n) is 5.75. The highest BCUT2D eigenvalue weighted by Crippen LogP contribution is 2.40. The van der Waals surface area contributed by atoms with Crippen LogP contribution in [0, 0.1) is 4.77 Å². The Morgan fingerprint density at radius 2 is 1.76 bits per heavy atom. The lowest BCUT2D eigenvalue weighted by atomic mass is 10.1. The summed E-state index contributed by atoms with van der Waals surface area (Å²) in [5.41, 5.74) is 1.54. The Balaban J connectivity index is 2.02. The molecule has 0 fully saturated rings. The van der Waals surface area contributed by atoms with Crippen LogP contribution in [0.25, 0.3) is 11.4 Å². The number of aromatic carboxylic acids is 1. The first kappa shape index (κ1) is 20.1. The molecule has 0 radical (unpaired) electrons. The number of benzene rings is 2. The summed E-state index contributed by atoms with van der Waals surface area (Å²) in [6.45, 7) is 0. The van der Waals surface area contributed by atoms with Gasteiger partial charge in [0, 0.05) is 5.56 Å². The van der Waals surface area contributed by atoms with Gasteiger partial charge < -0.3 is 19.3 Å². The van der Waals surface area contributed by atoms with Crippen LogP contribution >= 0.6 is 12.2 Å². The predicted molar refractivity (Wildman–Crippen MR) is 109 cm³/mol. The molecule has 0 unspecified atom stereocenters. The van der Waals surface area contributed by atoms with Crippen LogP contribution in [0.5, 0.6) is 17.2 Å². The number of methoxy groups -OCH3 is 3. The number of nitrogens with zero attached hydrogens (tertiary/aromatic N) is 3. The first-order valence-electron chi connectivity index (χ1n) is 8.34. The molecule has 29 heavy (non-hydrogen) atoms. The molecule has 0 atom stereocenters. The summed E-state index contributed by atoms with van der Waals surface area (Å²) in [5.74, 6) is 0.843. The number of hydrogen-bond donors (Lipinski definition) is 2. The average molecular weight is 414 g/mol. The zero-order valence-corrected chi connectivity index (χ0v) is 16.7. The van der Waals surface area contributed by atoms with Crippen molar-refractivity contribution in [3.63, 3.8) is 0 Å². The van der Waals surface area contributed by atoms with Gasteiger partial charge in [0.05, 0.1) is 33.1 Å². The minimum absolute atomic E-state index is 0.195. The Morgan fingerprint density at radius 1 is 1.14 bits per heavy atom. The largest absolute Gasteiger partial charge is 0.493 e. The Hall–Kier alpha value is -3.66. The highest BCUT2D eigenvalue weighted by Gasteiger charge is 2.17. The summed E-state index contributed by atoms with van der Waals surface area (Å²) in [4.78, 5) is 11.0. The lowest BCUT2D eigenvalue weighted by Gasteiger charge is -2.13. The highest BCUT2D eigenvalue weighted by atomic mass is 32.1. The molecule has 9 nitrogen and oxygen atoms in total. The van der Waals surface area contributed by atoms with Gasteiger partial charge in [-0.1, -0.05) is 12.1 Å². The van der Waals surface area contributed by atoms with Crippen molar-refractivity contribution in [1.82, 2.24) is 14.9 Å². The molecular weight excluding hydrogens is 396 g/mol. The molecule has 0 aliphatic heterocycles. The first-order valence-corrected chi connectivity index (χ1v) is 8.74. The molecule has 0 aliphatic rings. The van der Waals surface area contributed by atoms with E-state index in [1.807, 2.05) is 0 Å². The van der Waals surface area contributed by atoms with E-state index in [9.17, 15) is 4.79 Å². The number of H-pyrrole nitrogens is 1. The van der Waals surface area contributed by atoms with Crippen LogP contribution in [-0.4, -0.2) is 53.5 Å². The highest BCUT2D eigenvalue weighted by molar-refractivity contribution is 7.71. The van der Waals surface area contributed by atoms with Gasteiger partial charge in [-0.15, -0.1) is 0 Å². The van der Waals surface area contributed by atoms with Gasteiger partial charge >= 0.3 is 5.97 Å². The van der Waals surface area contributed by atoms with Crippen molar-refractivity contribution >= 4 is 24.4 Å². The van der Waals surface area contributed by atoms with E-state index in [1.165, 1.54) is 38.1 Å². The molecule has 0 saturated carbocycles. The Kier molecular flexibility index (Phi) is 5.93. The van der Waals surface area contributed by atoms with E-state index in [4.69, 9.17) is 31.5 Å². The van der Waals surface area contributed by atoms with Gasteiger partial charge in [0.15, 0.2) is 17.3 Å². The molecule has 0 saturated heterocycles. The molecular formula is C19H18N4O5S. The van der Waals surface area contributed by atoms with Crippen LogP contribution in [-0.2, 0) is 0 Å². The van der Waals surface area contributed by atoms with Crippen molar-refractivity contribution in [1.29, 1.82) is 0 Å². The maximum Gasteiger partial charge on any atom is 0.335 e. The van der Waals surface area contributed by atoms with E-state index in [0.717, 1.165) is 0 Å². The zero-order chi connectivity index (χ0) is 21.0. The smallest absolute Gasteiger partial charge is 0.335 e. The monoisotopic (exact) mass is 414 g/mol. The van der Waals surface area contributed by atoms with Crippen LogP contribution in [0.2, 0.25) is 0 Å². The third-order valence-electron chi connectivity index (χ3n) is 4.05. The van der Waals surface area contributed by atoms with Gasteiger partial charge in [-0.2, -0.15) is 14.9 Å². The van der Waals surface area contributed by atoms with E-state index in [1.54, 1.807) is 30.5 Å². The zero-order valence-electron chi connectivity index (χ0n) is 15.9. The number of ether oxygens (including phenoxy) is 3. The SMILES string of the molecule is COc1cc(-c2n[nH]c(=S)n2/N=C\c2ccc(C(=O)O)cc2)cc(OC)c1OC. The summed E-state index contributed by atoms with van der Waals surface area (Å²) < 4.78 is 17.8. The van der Waals surface area contributed by atoms with Crippen LogP contribution in [0.4, 0.5) is 0 Å². The van der Waals surface area contributed by atoms with Crippen LogP contribution in [0.3, 0.4) is 0 Å². The van der Waals surface area contributed by atoms with Gasteiger partial charge in [0.25, 0.3) is 0 Å². The lowest BCUT2D eigenvalue weighted by molar-refractivity contribution is 0.0697. The predicted octanol–water partition coefficient (Wildman–Crippen LogP) is 3.21. The summed E-state index contributed by atoms with van der Waals surface area (Å²) in [7, 11) is 4.57. The normalized spacial score (nSPS) is 10.9. The number of carboxylic acid groups (broad SMARTS) is 1. The second kappa shape index (κ2) is 8.57. The summed E-state index contributed by atoms with van der Waals surface area (Å²) in [5, 5.41) is 20.3. The van der Waals surface area contributed by atoms with Crippen LogP contribution in [0.15, 0.2) is 41.5 Å². The van der Waals surface area contributed by atoms with Crippen molar-refractivity contribution in [2.75, 3.05) is 21.3 Å². The third kappa shape index (κ3) is 4.11. The molecule has 1 aromatic heterocycles. The van der Waals surface area contributed by atoms with Crippen molar-refractivity contribution < 1.29 is 24.1 Å². The number of nitrogens with one attached hydrogen (secondary N) is 1. The van der Waals surface area contributed by atoms with Gasteiger partial charge in [0.2, 0.25) is 10.5 Å². The van der Waals surface area contributed by atoms with Gasteiger partial charge in [-0.3, -0.25) is 0 Å². The molecule has 10 heteroatoms. The fourth-order valence-electron chi connectivity index (χ4n) is 2.63. The number of aromatic amines is 1. The minimum Gasteiger partial charge on any atom is -0.493 e. The topological polar surface area (TPSA) is 111 Å². The fourth-order valence-corrected chi connectivity index (χ4v) is 2.81. The number of aromatic nitrogens is 3. The molecule has 0 spiro atoms. The van der Waals surface area contributed by atoms with E-state index >= 15 is 0 Å². The van der Waals surface area contributed by atoms with E-state index in [2.05, 4.69) is 15.3 Å². The Labute approximate surface area is 171 Å². The van der Waals surface area contributed by atoms with Crippen molar-refractivity contribution in [3.8, 4) is 28.6 Å². The van der Waals surface area contributed by atoms with Crippen molar-refractivity contribution in [2.45, 2.75) is 0 Å². The van der Waals surface area contributed by atoms with E-state index < -0.39 is 5.97 Å². The standard InChI is InChI=1S/C19H18N4O5S/c1-26-14-8-13(9-15(27-2)16(14)28-3)17-21-22-19(29)23(17)20-10-11-4-6-12(7-5-11)18(24)25/h4-10H,1-3H3,(H,22,29)(H,24,25)/b20-10-.